The second kappa shape index (κ2) is 11.3. The SMILES string of the molecule is CC[C@H]1CCN(CCCOc2ccccc2)C[C@H]1OC(=O)C(O)(c1cccs1)c1cccs1. The largest absolute Gasteiger partial charge is 0.494 e. The first-order valence-corrected chi connectivity index (χ1v) is 13.3. The van der Waals surface area contributed by atoms with E-state index in [1.807, 2.05) is 53.2 Å². The summed E-state index contributed by atoms with van der Waals surface area (Å²) in [6.07, 6.45) is 2.59. The van der Waals surface area contributed by atoms with Crippen molar-refractivity contribution in [2.45, 2.75) is 37.9 Å². The Balaban J connectivity index is 1.38. The molecule has 0 bridgehead atoms. The number of rotatable bonds is 10. The maximum atomic E-state index is 13.4. The number of thiophene rings is 2. The van der Waals surface area contributed by atoms with Crippen LogP contribution in [0.25, 0.3) is 0 Å². The molecule has 0 radical (unpaired) electrons. The van der Waals surface area contributed by atoms with Gasteiger partial charge in [0.1, 0.15) is 11.9 Å². The summed E-state index contributed by atoms with van der Waals surface area (Å²) in [5.41, 5.74) is -1.76. The highest BCUT2D eigenvalue weighted by atomic mass is 32.1. The van der Waals surface area contributed by atoms with Crippen LogP contribution in [-0.4, -0.2) is 48.3 Å². The second-order valence-electron chi connectivity index (χ2n) is 8.38. The van der Waals surface area contributed by atoms with Crippen molar-refractivity contribution in [3.05, 3.63) is 75.1 Å². The summed E-state index contributed by atoms with van der Waals surface area (Å²) in [6, 6.07) is 17.1. The van der Waals surface area contributed by atoms with Crippen molar-refractivity contribution in [3.8, 4) is 5.75 Å². The van der Waals surface area contributed by atoms with E-state index in [9.17, 15) is 9.90 Å². The molecule has 1 saturated heterocycles. The summed E-state index contributed by atoms with van der Waals surface area (Å²) in [5.74, 6) is 0.599. The Morgan fingerprint density at radius 3 is 2.39 bits per heavy atom. The molecule has 0 saturated carbocycles. The van der Waals surface area contributed by atoms with Crippen molar-refractivity contribution < 1.29 is 19.4 Å². The molecule has 33 heavy (non-hydrogen) atoms. The van der Waals surface area contributed by atoms with Crippen molar-refractivity contribution >= 4 is 28.6 Å². The van der Waals surface area contributed by atoms with Gasteiger partial charge in [0.05, 0.1) is 16.4 Å². The van der Waals surface area contributed by atoms with Gasteiger partial charge in [-0.3, -0.25) is 4.90 Å². The van der Waals surface area contributed by atoms with Crippen LogP contribution in [0.15, 0.2) is 65.4 Å². The molecule has 0 amide bonds. The number of aliphatic hydroxyl groups is 1. The summed E-state index contributed by atoms with van der Waals surface area (Å²) in [6.45, 7) is 5.34. The lowest BCUT2D eigenvalue weighted by molar-refractivity contribution is -0.173. The molecule has 3 heterocycles. The zero-order valence-electron chi connectivity index (χ0n) is 18.9. The first-order valence-electron chi connectivity index (χ1n) is 11.5. The molecular formula is C26H31NO4S2. The zero-order chi connectivity index (χ0) is 23.1. The van der Waals surface area contributed by atoms with E-state index in [1.165, 1.54) is 22.7 Å². The number of carbonyl (C=O) groups is 1. The number of carbonyl (C=O) groups excluding carboxylic acids is 1. The molecule has 1 fully saturated rings. The highest BCUT2D eigenvalue weighted by Crippen LogP contribution is 2.38. The fourth-order valence-corrected chi connectivity index (χ4v) is 6.06. The van der Waals surface area contributed by atoms with E-state index < -0.39 is 11.6 Å². The molecule has 176 valence electrons. The standard InChI is InChI=1S/C26H31NO4S2/c1-2-20-13-15-27(14-8-16-30-21-9-4-3-5-10-21)19-22(20)31-25(28)26(29,23-11-6-17-32-23)24-12-7-18-33-24/h3-7,9-12,17-18,20,22,29H,2,8,13-16,19H2,1H3/t20-,22+/m0/s1. The van der Waals surface area contributed by atoms with Gasteiger partial charge in [0, 0.05) is 13.1 Å². The van der Waals surface area contributed by atoms with E-state index in [-0.39, 0.29) is 6.10 Å². The number of esters is 1. The summed E-state index contributed by atoms with van der Waals surface area (Å²) < 4.78 is 11.9. The van der Waals surface area contributed by atoms with Crippen LogP contribution in [0.5, 0.6) is 5.75 Å². The lowest BCUT2D eigenvalue weighted by Crippen LogP contribution is -2.49. The van der Waals surface area contributed by atoms with Gasteiger partial charge >= 0.3 is 5.97 Å². The first kappa shape index (κ1) is 24.0. The summed E-state index contributed by atoms with van der Waals surface area (Å²) in [5, 5.41) is 15.3. The van der Waals surface area contributed by atoms with Crippen LogP contribution in [0, 0.1) is 5.92 Å². The zero-order valence-corrected chi connectivity index (χ0v) is 20.5. The molecule has 2 aromatic heterocycles. The van der Waals surface area contributed by atoms with Crippen molar-refractivity contribution in [1.29, 1.82) is 0 Å². The Bertz CT molecular complexity index is 941. The highest BCUT2D eigenvalue weighted by molar-refractivity contribution is 7.12. The van der Waals surface area contributed by atoms with Gasteiger partial charge in [-0.25, -0.2) is 4.79 Å². The van der Waals surface area contributed by atoms with Gasteiger partial charge in [0.15, 0.2) is 0 Å². The molecule has 1 aliphatic rings. The summed E-state index contributed by atoms with van der Waals surface area (Å²) in [4.78, 5) is 16.9. The smallest absolute Gasteiger partial charge is 0.349 e. The number of likely N-dealkylation sites (tertiary alicyclic amines) is 1. The quantitative estimate of drug-likeness (QED) is 0.318. The number of benzene rings is 1. The number of piperidine rings is 1. The topological polar surface area (TPSA) is 59.0 Å². The maximum Gasteiger partial charge on any atom is 0.349 e. The third-order valence-electron chi connectivity index (χ3n) is 6.24. The van der Waals surface area contributed by atoms with Crippen molar-refractivity contribution in [1.82, 2.24) is 4.90 Å². The minimum absolute atomic E-state index is 0.238. The molecule has 1 aliphatic heterocycles. The Labute approximate surface area is 203 Å². The molecular weight excluding hydrogens is 454 g/mol. The average Bonchev–Trinajstić information content (AvgIpc) is 3.57. The van der Waals surface area contributed by atoms with E-state index in [0.717, 1.165) is 38.1 Å². The minimum atomic E-state index is -1.76. The van der Waals surface area contributed by atoms with Crippen LogP contribution >= 0.6 is 22.7 Å². The number of para-hydroxylation sites is 1. The van der Waals surface area contributed by atoms with Gasteiger partial charge in [-0.1, -0.05) is 37.3 Å². The van der Waals surface area contributed by atoms with Gasteiger partial charge < -0.3 is 14.6 Å². The molecule has 7 heteroatoms. The van der Waals surface area contributed by atoms with Crippen LogP contribution in [0.2, 0.25) is 0 Å². The van der Waals surface area contributed by atoms with E-state index in [4.69, 9.17) is 9.47 Å². The van der Waals surface area contributed by atoms with E-state index in [0.29, 0.717) is 28.8 Å². The Morgan fingerprint density at radius 1 is 1.09 bits per heavy atom. The van der Waals surface area contributed by atoms with Crippen LogP contribution in [0.1, 0.15) is 35.9 Å². The molecule has 1 N–H and O–H groups in total. The van der Waals surface area contributed by atoms with Gasteiger partial charge in [0.25, 0.3) is 0 Å². The Hall–Kier alpha value is -2.19. The van der Waals surface area contributed by atoms with Crippen LogP contribution < -0.4 is 4.74 Å². The van der Waals surface area contributed by atoms with E-state index >= 15 is 0 Å². The number of ether oxygens (including phenoxy) is 2. The van der Waals surface area contributed by atoms with Crippen molar-refractivity contribution in [2.75, 3.05) is 26.2 Å². The van der Waals surface area contributed by atoms with Gasteiger partial charge in [-0.15, -0.1) is 22.7 Å². The Morgan fingerprint density at radius 2 is 1.79 bits per heavy atom. The third kappa shape index (κ3) is 5.66. The number of hydrogen-bond acceptors (Lipinski definition) is 7. The average molecular weight is 486 g/mol. The van der Waals surface area contributed by atoms with E-state index in [2.05, 4.69) is 11.8 Å². The van der Waals surface area contributed by atoms with Crippen LogP contribution in [0.3, 0.4) is 0 Å². The third-order valence-corrected chi connectivity index (χ3v) is 8.20. The Kier molecular flexibility index (Phi) is 8.20. The van der Waals surface area contributed by atoms with Crippen molar-refractivity contribution in [2.24, 2.45) is 5.92 Å². The molecule has 0 unspecified atom stereocenters. The minimum Gasteiger partial charge on any atom is -0.494 e. The molecule has 5 nitrogen and oxygen atoms in total. The summed E-state index contributed by atoms with van der Waals surface area (Å²) in [7, 11) is 0. The second-order valence-corrected chi connectivity index (χ2v) is 10.3. The summed E-state index contributed by atoms with van der Waals surface area (Å²) >= 11 is 2.74. The van der Waals surface area contributed by atoms with Crippen LogP contribution in [-0.2, 0) is 15.1 Å². The normalized spacial score (nSPS) is 19.3. The fourth-order valence-electron chi connectivity index (χ4n) is 4.34. The fraction of sp³-hybridized carbons (Fsp3) is 0.423. The number of nitrogens with zero attached hydrogens (tertiary/aromatic N) is 1. The predicted octanol–water partition coefficient (Wildman–Crippen LogP) is 5.16. The maximum absolute atomic E-state index is 13.4. The molecule has 3 aromatic rings. The lowest BCUT2D eigenvalue weighted by atomic mass is 9.90. The molecule has 0 spiro atoms. The van der Waals surface area contributed by atoms with Crippen LogP contribution in [0.4, 0.5) is 0 Å². The predicted molar refractivity (Wildman–Crippen MR) is 133 cm³/mol. The lowest BCUT2D eigenvalue weighted by Gasteiger charge is -2.39. The molecule has 0 aliphatic carbocycles. The van der Waals surface area contributed by atoms with Gasteiger partial charge in [0.2, 0.25) is 5.60 Å². The van der Waals surface area contributed by atoms with Gasteiger partial charge in [-0.05, 0) is 66.8 Å². The molecule has 1 aromatic carbocycles. The van der Waals surface area contributed by atoms with Gasteiger partial charge in [-0.2, -0.15) is 0 Å². The molecule has 4 rings (SSSR count). The highest BCUT2D eigenvalue weighted by Gasteiger charge is 2.46. The number of hydrogen-bond donors (Lipinski definition) is 1. The van der Waals surface area contributed by atoms with E-state index in [1.54, 1.807) is 12.1 Å². The first-order chi connectivity index (χ1) is 16.1. The monoisotopic (exact) mass is 485 g/mol. The van der Waals surface area contributed by atoms with Crippen molar-refractivity contribution in [3.63, 3.8) is 0 Å². The molecule has 2 atom stereocenters.